The smallest absolute Gasteiger partial charge is 0.238 e. The van der Waals surface area contributed by atoms with Gasteiger partial charge in [0.05, 0.1) is 5.75 Å². The lowest BCUT2D eigenvalue weighted by Gasteiger charge is -2.25. The number of nitrogens with one attached hydrogen (secondary N) is 1. The number of thioether (sulfide) groups is 1. The molecule has 0 unspecified atom stereocenters. The molecule has 0 spiro atoms. The lowest BCUT2D eigenvalue weighted by molar-refractivity contribution is -0.117. The molecule has 170 valence electrons. The van der Waals surface area contributed by atoms with Crippen molar-refractivity contribution in [1.82, 2.24) is 0 Å². The predicted octanol–water partition coefficient (Wildman–Crippen LogP) is 5.59. The standard InChI is InChI=1S/C25H30N2O4S/c1-16(13-25(2,3)4)10-22(28)26-18-7-5-6-17(11-18)24-27(23(29)14-32-24)19-8-9-20-21(12-19)31-15-30-20/h5-9,11-12,16,24H,10,13-15H2,1-4H3,(H,26,28)/t16-,24-/m1/s1. The van der Waals surface area contributed by atoms with Gasteiger partial charge in [-0.15, -0.1) is 11.8 Å². The Morgan fingerprint density at radius 2 is 1.97 bits per heavy atom. The summed E-state index contributed by atoms with van der Waals surface area (Å²) in [6.45, 7) is 8.89. The normalized spacial score (nSPS) is 18.7. The minimum absolute atomic E-state index is 0.0154. The first kappa shape index (κ1) is 22.5. The van der Waals surface area contributed by atoms with Crippen molar-refractivity contribution in [3.63, 3.8) is 0 Å². The largest absolute Gasteiger partial charge is 0.454 e. The Bertz CT molecular complexity index is 1020. The zero-order valence-corrected chi connectivity index (χ0v) is 19.8. The Labute approximate surface area is 193 Å². The minimum Gasteiger partial charge on any atom is -0.454 e. The summed E-state index contributed by atoms with van der Waals surface area (Å²) in [5, 5.41) is 2.87. The van der Waals surface area contributed by atoms with Gasteiger partial charge in [-0.1, -0.05) is 39.8 Å². The van der Waals surface area contributed by atoms with Crippen LogP contribution in [0.15, 0.2) is 42.5 Å². The highest BCUT2D eigenvalue weighted by Gasteiger charge is 2.35. The van der Waals surface area contributed by atoms with Crippen molar-refractivity contribution in [2.75, 3.05) is 22.8 Å². The van der Waals surface area contributed by atoms with Gasteiger partial charge in [0.15, 0.2) is 11.5 Å². The summed E-state index contributed by atoms with van der Waals surface area (Å²) in [4.78, 5) is 27.1. The van der Waals surface area contributed by atoms with Crippen LogP contribution in [0.25, 0.3) is 0 Å². The summed E-state index contributed by atoms with van der Waals surface area (Å²) in [5.74, 6) is 2.11. The fraction of sp³-hybridized carbons (Fsp3) is 0.440. The molecule has 0 aromatic heterocycles. The zero-order valence-electron chi connectivity index (χ0n) is 19.0. The highest BCUT2D eigenvalue weighted by Crippen LogP contribution is 2.45. The van der Waals surface area contributed by atoms with Gasteiger partial charge in [-0.3, -0.25) is 14.5 Å². The van der Waals surface area contributed by atoms with Crippen LogP contribution in [-0.2, 0) is 9.59 Å². The average Bonchev–Trinajstić information content (AvgIpc) is 3.32. The van der Waals surface area contributed by atoms with Gasteiger partial charge >= 0.3 is 0 Å². The molecule has 2 aliphatic rings. The molecule has 0 aliphatic carbocycles. The maximum absolute atomic E-state index is 12.7. The summed E-state index contributed by atoms with van der Waals surface area (Å²) in [5.41, 5.74) is 2.70. The molecule has 0 saturated carbocycles. The minimum atomic E-state index is -0.167. The number of anilines is 2. The molecule has 0 radical (unpaired) electrons. The second-order valence-corrected chi connectivity index (χ2v) is 10.8. The van der Waals surface area contributed by atoms with E-state index in [2.05, 4.69) is 33.0 Å². The third-order valence-electron chi connectivity index (χ3n) is 5.45. The van der Waals surface area contributed by atoms with E-state index in [4.69, 9.17) is 9.47 Å². The number of carbonyl (C=O) groups is 2. The van der Waals surface area contributed by atoms with Crippen LogP contribution in [0.3, 0.4) is 0 Å². The Balaban J connectivity index is 1.48. The molecule has 4 rings (SSSR count). The highest BCUT2D eigenvalue weighted by molar-refractivity contribution is 8.00. The molecule has 7 heteroatoms. The quantitative estimate of drug-likeness (QED) is 0.616. The van der Waals surface area contributed by atoms with Crippen LogP contribution in [0.2, 0.25) is 0 Å². The van der Waals surface area contributed by atoms with E-state index in [-0.39, 0.29) is 29.4 Å². The molecule has 6 nitrogen and oxygen atoms in total. The third-order valence-corrected chi connectivity index (χ3v) is 6.66. The van der Waals surface area contributed by atoms with Gasteiger partial charge in [-0.25, -0.2) is 0 Å². The van der Waals surface area contributed by atoms with E-state index in [0.29, 0.717) is 29.6 Å². The average molecular weight is 455 g/mol. The molecular weight excluding hydrogens is 424 g/mol. The summed E-state index contributed by atoms with van der Waals surface area (Å²) in [6.07, 6.45) is 1.48. The SMILES string of the molecule is C[C@H](CC(=O)Nc1cccc([C@H]2SCC(=O)N2c2ccc3c(c2)OCO3)c1)CC(C)(C)C. The first-order valence-corrected chi connectivity index (χ1v) is 12.0. The van der Waals surface area contributed by atoms with Gasteiger partial charge in [0.1, 0.15) is 5.37 Å². The van der Waals surface area contributed by atoms with E-state index >= 15 is 0 Å². The lowest BCUT2D eigenvalue weighted by Crippen LogP contribution is -2.27. The van der Waals surface area contributed by atoms with Crippen LogP contribution in [0.1, 0.15) is 51.5 Å². The van der Waals surface area contributed by atoms with E-state index in [9.17, 15) is 9.59 Å². The molecule has 2 atom stereocenters. The van der Waals surface area contributed by atoms with Crippen LogP contribution in [-0.4, -0.2) is 24.4 Å². The third kappa shape index (κ3) is 5.21. The van der Waals surface area contributed by atoms with Gasteiger partial charge in [0.25, 0.3) is 0 Å². The molecule has 1 N–H and O–H groups in total. The maximum atomic E-state index is 12.7. The van der Waals surface area contributed by atoms with Crippen molar-refractivity contribution in [3.8, 4) is 11.5 Å². The molecule has 0 bridgehead atoms. The number of carbonyl (C=O) groups excluding carboxylic acids is 2. The van der Waals surface area contributed by atoms with Crippen LogP contribution < -0.4 is 19.7 Å². The van der Waals surface area contributed by atoms with Gasteiger partial charge < -0.3 is 14.8 Å². The van der Waals surface area contributed by atoms with E-state index in [0.717, 1.165) is 23.4 Å². The monoisotopic (exact) mass is 454 g/mol. The van der Waals surface area contributed by atoms with Crippen LogP contribution >= 0.6 is 11.8 Å². The van der Waals surface area contributed by atoms with E-state index in [1.54, 1.807) is 16.7 Å². The van der Waals surface area contributed by atoms with Crippen LogP contribution in [0, 0.1) is 11.3 Å². The lowest BCUT2D eigenvalue weighted by atomic mass is 9.84. The molecule has 1 saturated heterocycles. The summed E-state index contributed by atoms with van der Waals surface area (Å²) in [6, 6.07) is 13.3. The molecule has 2 aliphatic heterocycles. The number of fused-ring (bicyclic) bond motifs is 1. The first-order valence-electron chi connectivity index (χ1n) is 10.9. The Kier molecular flexibility index (Phi) is 6.38. The molecular formula is C25H30N2O4S. The maximum Gasteiger partial charge on any atom is 0.238 e. The Hall–Kier alpha value is -2.67. The van der Waals surface area contributed by atoms with Crippen molar-refractivity contribution in [1.29, 1.82) is 0 Å². The van der Waals surface area contributed by atoms with Crippen molar-refractivity contribution in [3.05, 3.63) is 48.0 Å². The molecule has 2 aromatic rings. The van der Waals surface area contributed by atoms with Crippen LogP contribution in [0.4, 0.5) is 11.4 Å². The van der Waals surface area contributed by atoms with E-state index < -0.39 is 0 Å². The van der Waals surface area contributed by atoms with Crippen molar-refractivity contribution in [2.45, 2.75) is 45.9 Å². The zero-order chi connectivity index (χ0) is 22.9. The van der Waals surface area contributed by atoms with Crippen LogP contribution in [0.5, 0.6) is 11.5 Å². The molecule has 32 heavy (non-hydrogen) atoms. The summed E-state index contributed by atoms with van der Waals surface area (Å²) >= 11 is 1.58. The Morgan fingerprint density at radius 1 is 1.19 bits per heavy atom. The Morgan fingerprint density at radius 3 is 2.75 bits per heavy atom. The molecule has 2 amide bonds. The van der Waals surface area contributed by atoms with Gasteiger partial charge in [-0.05, 0) is 47.6 Å². The summed E-state index contributed by atoms with van der Waals surface area (Å²) in [7, 11) is 0. The number of ether oxygens (including phenoxy) is 2. The topological polar surface area (TPSA) is 67.9 Å². The number of amides is 2. The fourth-order valence-corrected chi connectivity index (χ4v) is 5.57. The number of rotatable bonds is 6. The number of hydrogen-bond acceptors (Lipinski definition) is 5. The van der Waals surface area contributed by atoms with Gasteiger partial charge in [0, 0.05) is 23.9 Å². The first-order chi connectivity index (χ1) is 15.2. The molecule has 2 aromatic carbocycles. The highest BCUT2D eigenvalue weighted by atomic mass is 32.2. The van der Waals surface area contributed by atoms with E-state index in [1.165, 1.54) is 0 Å². The number of nitrogens with zero attached hydrogens (tertiary/aromatic N) is 1. The summed E-state index contributed by atoms with van der Waals surface area (Å²) < 4.78 is 10.9. The van der Waals surface area contributed by atoms with Gasteiger partial charge in [-0.2, -0.15) is 0 Å². The van der Waals surface area contributed by atoms with Crippen molar-refractivity contribution in [2.24, 2.45) is 11.3 Å². The van der Waals surface area contributed by atoms with Crippen molar-refractivity contribution < 1.29 is 19.1 Å². The second kappa shape index (κ2) is 9.06. The van der Waals surface area contributed by atoms with E-state index in [1.807, 2.05) is 42.5 Å². The van der Waals surface area contributed by atoms with Crippen molar-refractivity contribution >= 4 is 35.0 Å². The molecule has 1 fully saturated rings. The molecule has 2 heterocycles. The van der Waals surface area contributed by atoms with Gasteiger partial charge in [0.2, 0.25) is 18.6 Å². The fourth-order valence-electron chi connectivity index (χ4n) is 4.40. The number of benzene rings is 2. The number of hydrogen-bond donors (Lipinski definition) is 1. The second-order valence-electron chi connectivity index (χ2n) is 9.71. The predicted molar refractivity (Wildman–Crippen MR) is 128 cm³/mol.